The van der Waals surface area contributed by atoms with E-state index in [0.717, 1.165) is 43.6 Å². The Balaban J connectivity index is 1.40. The zero-order valence-electron chi connectivity index (χ0n) is 19.3. The number of ether oxygens (including phenoxy) is 2. The van der Waals surface area contributed by atoms with Gasteiger partial charge in [0.1, 0.15) is 22.7 Å². The fraction of sp³-hybridized carbons (Fsp3) is 0.185. The molecule has 0 spiro atoms. The van der Waals surface area contributed by atoms with Crippen molar-refractivity contribution in [2.24, 2.45) is 0 Å². The molecule has 0 fully saturated rings. The normalized spacial score (nSPS) is 12.2. The number of carbonyl (C=O) groups excluding carboxylic acids is 1. The van der Waals surface area contributed by atoms with E-state index in [1.165, 1.54) is 11.8 Å². The first-order chi connectivity index (χ1) is 16.5. The molecule has 0 aliphatic rings. The third-order valence-corrected chi connectivity index (χ3v) is 6.84. The summed E-state index contributed by atoms with van der Waals surface area (Å²) in [4.78, 5) is 17.8. The highest BCUT2D eigenvalue weighted by molar-refractivity contribution is 8.00. The lowest BCUT2D eigenvalue weighted by atomic mass is 10.1. The summed E-state index contributed by atoms with van der Waals surface area (Å²) in [5.74, 6) is 1.18. The number of benzene rings is 3. The largest absolute Gasteiger partial charge is 0.497 e. The van der Waals surface area contributed by atoms with Crippen LogP contribution in [0.4, 0.5) is 5.69 Å². The predicted molar refractivity (Wildman–Crippen MR) is 137 cm³/mol. The summed E-state index contributed by atoms with van der Waals surface area (Å²) < 4.78 is 16.9. The van der Waals surface area contributed by atoms with Crippen molar-refractivity contribution < 1.29 is 18.7 Å². The number of nitrogens with one attached hydrogen (secondary N) is 1. The second-order valence-corrected chi connectivity index (χ2v) is 9.42. The average Bonchev–Trinajstić information content (AvgIpc) is 3.20. The Hall–Kier alpha value is -3.71. The van der Waals surface area contributed by atoms with Gasteiger partial charge in [0.2, 0.25) is 5.91 Å². The summed E-state index contributed by atoms with van der Waals surface area (Å²) in [5.41, 5.74) is 3.99. The first kappa shape index (κ1) is 22.1. The maximum atomic E-state index is 13.1. The molecular weight excluding hydrogens is 448 g/mol. The summed E-state index contributed by atoms with van der Waals surface area (Å²) in [6.07, 6.45) is 0. The zero-order chi connectivity index (χ0) is 23.8. The van der Waals surface area contributed by atoms with Gasteiger partial charge in [-0.3, -0.25) is 4.79 Å². The van der Waals surface area contributed by atoms with Gasteiger partial charge in [0.15, 0.2) is 0 Å². The van der Waals surface area contributed by atoms with E-state index in [2.05, 4.69) is 5.32 Å². The summed E-state index contributed by atoms with van der Waals surface area (Å²) in [6, 6.07) is 19.4. The van der Waals surface area contributed by atoms with Crippen LogP contribution in [0.5, 0.6) is 11.5 Å². The number of nitrogens with zero attached hydrogens (tertiary/aromatic N) is 1. The van der Waals surface area contributed by atoms with E-state index >= 15 is 0 Å². The van der Waals surface area contributed by atoms with E-state index in [1.54, 1.807) is 14.2 Å². The van der Waals surface area contributed by atoms with Gasteiger partial charge in [-0.15, -0.1) is 0 Å². The number of carbonyl (C=O) groups is 1. The maximum Gasteiger partial charge on any atom is 0.237 e. The van der Waals surface area contributed by atoms with Gasteiger partial charge in [0, 0.05) is 28.3 Å². The van der Waals surface area contributed by atoms with Gasteiger partial charge in [0.05, 0.1) is 35.7 Å². The number of aryl methyl sites for hydroxylation is 1. The lowest BCUT2D eigenvalue weighted by Gasteiger charge is -2.15. The molecule has 1 N–H and O–H groups in total. The first-order valence-corrected chi connectivity index (χ1v) is 11.8. The van der Waals surface area contributed by atoms with Crippen LogP contribution in [0.15, 0.2) is 70.1 Å². The Labute approximate surface area is 201 Å². The molecule has 7 heteroatoms. The van der Waals surface area contributed by atoms with Crippen LogP contribution in [0.3, 0.4) is 0 Å². The first-order valence-electron chi connectivity index (χ1n) is 10.9. The highest BCUT2D eigenvalue weighted by atomic mass is 32.2. The molecule has 2 aromatic heterocycles. The van der Waals surface area contributed by atoms with Gasteiger partial charge >= 0.3 is 0 Å². The second kappa shape index (κ2) is 8.91. The molecule has 5 rings (SSSR count). The van der Waals surface area contributed by atoms with E-state index < -0.39 is 0 Å². The van der Waals surface area contributed by atoms with Crippen molar-refractivity contribution in [1.82, 2.24) is 4.98 Å². The van der Waals surface area contributed by atoms with Gasteiger partial charge in [-0.25, -0.2) is 4.98 Å². The molecule has 0 saturated carbocycles. The molecule has 0 saturated heterocycles. The molecule has 3 aromatic carbocycles. The molecule has 1 amide bonds. The topological polar surface area (TPSA) is 73.6 Å². The molecule has 0 unspecified atom stereocenters. The standard InChI is InChI=1S/C27H24N2O4S/c1-15-11-26(28-21-12-17(31-3)9-10-18(15)21)34-16(2)27(30)29-22-14-24-20(13-25(22)32-4)19-7-5-6-8-23(19)33-24/h5-14,16H,1-4H3,(H,29,30)/t16-/m0/s1. The van der Waals surface area contributed by atoms with Crippen molar-refractivity contribution in [3.05, 3.63) is 66.2 Å². The molecule has 2 heterocycles. The van der Waals surface area contributed by atoms with Gasteiger partial charge in [-0.1, -0.05) is 30.0 Å². The van der Waals surface area contributed by atoms with Crippen LogP contribution in [0, 0.1) is 6.92 Å². The van der Waals surface area contributed by atoms with Crippen molar-refractivity contribution in [2.75, 3.05) is 19.5 Å². The van der Waals surface area contributed by atoms with Crippen LogP contribution in [0.2, 0.25) is 0 Å². The summed E-state index contributed by atoms with van der Waals surface area (Å²) in [7, 11) is 3.23. The quantitative estimate of drug-likeness (QED) is 0.281. The van der Waals surface area contributed by atoms with Gasteiger partial charge in [-0.05, 0) is 49.7 Å². The summed E-state index contributed by atoms with van der Waals surface area (Å²) in [6.45, 7) is 3.90. The maximum absolute atomic E-state index is 13.1. The molecular formula is C27H24N2O4S. The van der Waals surface area contributed by atoms with E-state index in [-0.39, 0.29) is 11.2 Å². The number of pyridine rings is 1. The number of rotatable bonds is 6. The van der Waals surface area contributed by atoms with Crippen molar-refractivity contribution in [3.63, 3.8) is 0 Å². The van der Waals surface area contributed by atoms with E-state index in [0.29, 0.717) is 17.0 Å². The minimum atomic E-state index is -0.383. The molecule has 0 radical (unpaired) electrons. The number of methoxy groups -OCH3 is 2. The number of amides is 1. The fourth-order valence-corrected chi connectivity index (χ4v) is 4.95. The van der Waals surface area contributed by atoms with Crippen molar-refractivity contribution in [1.29, 1.82) is 0 Å². The predicted octanol–water partition coefficient (Wildman–Crippen LogP) is 6.58. The molecule has 34 heavy (non-hydrogen) atoms. The lowest BCUT2D eigenvalue weighted by molar-refractivity contribution is -0.115. The van der Waals surface area contributed by atoms with Gasteiger partial charge < -0.3 is 19.2 Å². The van der Waals surface area contributed by atoms with Crippen molar-refractivity contribution >= 4 is 56.2 Å². The number of thioether (sulfide) groups is 1. The number of furan rings is 1. The van der Waals surface area contributed by atoms with Crippen LogP contribution in [0.25, 0.3) is 32.8 Å². The third kappa shape index (κ3) is 4.03. The Morgan fingerprint density at radius 3 is 2.59 bits per heavy atom. The number of para-hydroxylation sites is 1. The number of aromatic nitrogens is 1. The van der Waals surface area contributed by atoms with Crippen LogP contribution >= 0.6 is 11.8 Å². The van der Waals surface area contributed by atoms with E-state index in [1.807, 2.05) is 74.5 Å². The molecule has 0 aliphatic carbocycles. The minimum Gasteiger partial charge on any atom is -0.497 e. The molecule has 0 bridgehead atoms. The molecule has 6 nitrogen and oxygen atoms in total. The highest BCUT2D eigenvalue weighted by Crippen LogP contribution is 2.37. The minimum absolute atomic E-state index is 0.149. The van der Waals surface area contributed by atoms with Crippen molar-refractivity contribution in [2.45, 2.75) is 24.1 Å². The summed E-state index contributed by atoms with van der Waals surface area (Å²) >= 11 is 1.41. The zero-order valence-corrected chi connectivity index (χ0v) is 20.2. The van der Waals surface area contributed by atoms with Gasteiger partial charge in [0.25, 0.3) is 0 Å². The molecule has 172 valence electrons. The number of fused-ring (bicyclic) bond motifs is 4. The molecule has 0 aliphatic heterocycles. The van der Waals surface area contributed by atoms with Gasteiger partial charge in [-0.2, -0.15) is 0 Å². The molecule has 1 atom stereocenters. The average molecular weight is 473 g/mol. The third-order valence-electron chi connectivity index (χ3n) is 5.82. The number of anilines is 1. The van der Waals surface area contributed by atoms with Crippen LogP contribution < -0.4 is 14.8 Å². The van der Waals surface area contributed by atoms with E-state index in [9.17, 15) is 4.79 Å². The Bertz CT molecular complexity index is 1540. The lowest BCUT2D eigenvalue weighted by Crippen LogP contribution is -2.22. The van der Waals surface area contributed by atoms with Crippen LogP contribution in [0.1, 0.15) is 12.5 Å². The van der Waals surface area contributed by atoms with E-state index in [4.69, 9.17) is 18.9 Å². The Morgan fingerprint density at radius 2 is 1.79 bits per heavy atom. The monoisotopic (exact) mass is 472 g/mol. The smallest absolute Gasteiger partial charge is 0.237 e. The Kier molecular flexibility index (Phi) is 5.79. The van der Waals surface area contributed by atoms with Crippen LogP contribution in [-0.2, 0) is 4.79 Å². The van der Waals surface area contributed by atoms with Crippen molar-refractivity contribution in [3.8, 4) is 11.5 Å². The highest BCUT2D eigenvalue weighted by Gasteiger charge is 2.19. The Morgan fingerprint density at radius 1 is 0.971 bits per heavy atom. The molecule has 5 aromatic rings. The number of hydrogen-bond acceptors (Lipinski definition) is 6. The second-order valence-electron chi connectivity index (χ2n) is 8.06. The fourth-order valence-electron chi connectivity index (χ4n) is 4.03. The summed E-state index contributed by atoms with van der Waals surface area (Å²) in [5, 5.41) is 6.40. The number of hydrogen-bond donors (Lipinski definition) is 1. The van der Waals surface area contributed by atoms with Crippen LogP contribution in [-0.4, -0.2) is 30.4 Å². The SMILES string of the molecule is COc1ccc2c(C)cc(S[C@@H](C)C(=O)Nc3cc4oc5ccccc5c4cc3OC)nc2c1.